The van der Waals surface area contributed by atoms with Crippen molar-refractivity contribution >= 4 is 5.97 Å². The molecular formula is C11H20O3. The van der Waals surface area contributed by atoms with E-state index >= 15 is 0 Å². The molecule has 1 aliphatic carbocycles. The maximum absolute atomic E-state index is 11.1. The summed E-state index contributed by atoms with van der Waals surface area (Å²) >= 11 is 0. The van der Waals surface area contributed by atoms with E-state index in [-0.39, 0.29) is 18.3 Å². The van der Waals surface area contributed by atoms with Crippen molar-refractivity contribution in [3.63, 3.8) is 0 Å². The highest BCUT2D eigenvalue weighted by Crippen LogP contribution is 2.34. The summed E-state index contributed by atoms with van der Waals surface area (Å²) in [7, 11) is 1.36. The van der Waals surface area contributed by atoms with Crippen LogP contribution in [0.25, 0.3) is 0 Å². The van der Waals surface area contributed by atoms with Gasteiger partial charge in [0.1, 0.15) is 0 Å². The van der Waals surface area contributed by atoms with E-state index in [2.05, 4.69) is 4.74 Å². The number of methoxy groups -OCH3 is 1. The van der Waals surface area contributed by atoms with Crippen LogP contribution in [0.3, 0.4) is 0 Å². The summed E-state index contributed by atoms with van der Waals surface area (Å²) in [5, 5.41) is 10.1. The van der Waals surface area contributed by atoms with Gasteiger partial charge in [0.05, 0.1) is 19.1 Å². The molecule has 1 aliphatic rings. The van der Waals surface area contributed by atoms with Crippen molar-refractivity contribution in [3.8, 4) is 0 Å². The third kappa shape index (κ3) is 2.98. The van der Waals surface area contributed by atoms with Gasteiger partial charge in [-0.2, -0.15) is 0 Å². The van der Waals surface area contributed by atoms with Crippen molar-refractivity contribution in [2.75, 3.05) is 7.11 Å². The largest absolute Gasteiger partial charge is 0.469 e. The van der Waals surface area contributed by atoms with Crippen LogP contribution in [-0.4, -0.2) is 23.8 Å². The number of ether oxygens (including phenoxy) is 1. The number of carbonyl (C=O) groups is 1. The Bertz CT molecular complexity index is 193. The number of hydrogen-bond donors (Lipinski definition) is 1. The molecule has 1 N–H and O–H groups in total. The van der Waals surface area contributed by atoms with Gasteiger partial charge < -0.3 is 9.84 Å². The monoisotopic (exact) mass is 200 g/mol. The molecule has 0 aromatic heterocycles. The lowest BCUT2D eigenvalue weighted by Crippen LogP contribution is -2.38. The first kappa shape index (κ1) is 11.5. The Labute approximate surface area is 85.5 Å². The fourth-order valence-electron chi connectivity index (χ4n) is 2.23. The SMILES string of the molecule is COC(=O)CC(C)(O)C1CCCCC1. The van der Waals surface area contributed by atoms with Gasteiger partial charge in [-0.3, -0.25) is 4.79 Å². The minimum absolute atomic E-state index is 0.119. The molecule has 1 atom stereocenters. The molecule has 1 saturated carbocycles. The van der Waals surface area contributed by atoms with E-state index in [1.54, 1.807) is 6.92 Å². The molecule has 0 aromatic rings. The molecule has 0 amide bonds. The van der Waals surface area contributed by atoms with Crippen molar-refractivity contribution in [1.82, 2.24) is 0 Å². The zero-order chi connectivity index (χ0) is 10.6. The third-order valence-electron chi connectivity index (χ3n) is 3.21. The Morgan fingerprint density at radius 1 is 1.43 bits per heavy atom. The molecule has 1 rings (SSSR count). The number of carbonyl (C=O) groups excluding carboxylic acids is 1. The summed E-state index contributed by atoms with van der Waals surface area (Å²) in [6.45, 7) is 1.75. The average molecular weight is 200 g/mol. The van der Waals surface area contributed by atoms with Gasteiger partial charge in [-0.25, -0.2) is 0 Å². The van der Waals surface area contributed by atoms with E-state index in [0.29, 0.717) is 0 Å². The highest BCUT2D eigenvalue weighted by molar-refractivity contribution is 5.70. The van der Waals surface area contributed by atoms with Crippen LogP contribution < -0.4 is 0 Å². The molecule has 0 aliphatic heterocycles. The highest BCUT2D eigenvalue weighted by atomic mass is 16.5. The Kier molecular flexibility index (Phi) is 3.93. The normalized spacial score (nSPS) is 22.8. The minimum Gasteiger partial charge on any atom is -0.469 e. The Morgan fingerprint density at radius 3 is 2.50 bits per heavy atom. The van der Waals surface area contributed by atoms with Crippen LogP contribution in [0.2, 0.25) is 0 Å². The highest BCUT2D eigenvalue weighted by Gasteiger charge is 2.34. The lowest BCUT2D eigenvalue weighted by atomic mass is 9.76. The van der Waals surface area contributed by atoms with Crippen molar-refractivity contribution in [1.29, 1.82) is 0 Å². The van der Waals surface area contributed by atoms with E-state index < -0.39 is 5.60 Å². The van der Waals surface area contributed by atoms with Gasteiger partial charge in [-0.05, 0) is 25.7 Å². The number of rotatable bonds is 3. The average Bonchev–Trinajstić information content (AvgIpc) is 2.18. The number of esters is 1. The quantitative estimate of drug-likeness (QED) is 0.707. The van der Waals surface area contributed by atoms with Gasteiger partial charge >= 0.3 is 5.97 Å². The summed E-state index contributed by atoms with van der Waals surface area (Å²) < 4.78 is 4.58. The van der Waals surface area contributed by atoms with E-state index in [1.807, 2.05) is 0 Å². The van der Waals surface area contributed by atoms with E-state index in [1.165, 1.54) is 26.4 Å². The molecule has 1 unspecified atom stereocenters. The molecule has 0 radical (unpaired) electrons. The maximum Gasteiger partial charge on any atom is 0.308 e. The molecular weight excluding hydrogens is 180 g/mol. The predicted octanol–water partition coefficient (Wildman–Crippen LogP) is 1.88. The minimum atomic E-state index is -0.881. The summed E-state index contributed by atoms with van der Waals surface area (Å²) in [4.78, 5) is 11.1. The van der Waals surface area contributed by atoms with Crippen LogP contribution in [-0.2, 0) is 9.53 Å². The molecule has 3 nitrogen and oxygen atoms in total. The summed E-state index contributed by atoms with van der Waals surface area (Å²) in [5.74, 6) is -0.0593. The van der Waals surface area contributed by atoms with Crippen LogP contribution in [0.4, 0.5) is 0 Å². The number of aliphatic hydroxyl groups is 1. The van der Waals surface area contributed by atoms with Gasteiger partial charge in [0.2, 0.25) is 0 Å². The van der Waals surface area contributed by atoms with Gasteiger partial charge in [-0.1, -0.05) is 19.3 Å². The van der Waals surface area contributed by atoms with E-state index in [9.17, 15) is 9.90 Å². The molecule has 0 heterocycles. The first-order valence-corrected chi connectivity index (χ1v) is 5.35. The zero-order valence-electron chi connectivity index (χ0n) is 9.08. The van der Waals surface area contributed by atoms with Gasteiger partial charge in [-0.15, -0.1) is 0 Å². The van der Waals surface area contributed by atoms with Crippen molar-refractivity contribution < 1.29 is 14.6 Å². The lowest BCUT2D eigenvalue weighted by Gasteiger charge is -2.34. The summed E-state index contributed by atoms with van der Waals surface area (Å²) in [5.41, 5.74) is -0.881. The van der Waals surface area contributed by atoms with Gasteiger partial charge in [0, 0.05) is 0 Å². The smallest absolute Gasteiger partial charge is 0.308 e. The first-order valence-electron chi connectivity index (χ1n) is 5.35. The molecule has 0 aromatic carbocycles. The topological polar surface area (TPSA) is 46.5 Å². The Morgan fingerprint density at radius 2 is 2.00 bits per heavy atom. The van der Waals surface area contributed by atoms with Gasteiger partial charge in [0.25, 0.3) is 0 Å². The second-order valence-corrected chi connectivity index (χ2v) is 4.45. The summed E-state index contributed by atoms with van der Waals surface area (Å²) in [6, 6.07) is 0. The lowest BCUT2D eigenvalue weighted by molar-refractivity contribution is -0.148. The zero-order valence-corrected chi connectivity index (χ0v) is 9.08. The number of hydrogen-bond acceptors (Lipinski definition) is 3. The molecule has 82 valence electrons. The van der Waals surface area contributed by atoms with E-state index in [4.69, 9.17) is 0 Å². The molecule has 1 fully saturated rings. The maximum atomic E-state index is 11.1. The predicted molar refractivity (Wildman–Crippen MR) is 53.8 cm³/mol. The Balaban J connectivity index is 2.49. The van der Waals surface area contributed by atoms with Crippen molar-refractivity contribution in [3.05, 3.63) is 0 Å². The first-order chi connectivity index (χ1) is 6.56. The second kappa shape index (κ2) is 4.78. The van der Waals surface area contributed by atoms with Crippen LogP contribution in [0, 0.1) is 5.92 Å². The second-order valence-electron chi connectivity index (χ2n) is 4.45. The molecule has 0 saturated heterocycles. The molecule has 0 spiro atoms. The standard InChI is InChI=1S/C11H20O3/c1-11(13,8-10(12)14-2)9-6-4-3-5-7-9/h9,13H,3-8H2,1-2H3. The fourth-order valence-corrected chi connectivity index (χ4v) is 2.23. The van der Waals surface area contributed by atoms with Crippen LogP contribution in [0.1, 0.15) is 45.4 Å². The van der Waals surface area contributed by atoms with Crippen molar-refractivity contribution in [2.45, 2.75) is 51.0 Å². The van der Waals surface area contributed by atoms with Gasteiger partial charge in [0.15, 0.2) is 0 Å². The van der Waals surface area contributed by atoms with Crippen molar-refractivity contribution in [2.24, 2.45) is 5.92 Å². The molecule has 14 heavy (non-hydrogen) atoms. The fraction of sp³-hybridized carbons (Fsp3) is 0.909. The Hall–Kier alpha value is -0.570. The van der Waals surface area contributed by atoms with Crippen LogP contribution in [0.5, 0.6) is 0 Å². The third-order valence-corrected chi connectivity index (χ3v) is 3.21. The van der Waals surface area contributed by atoms with E-state index in [0.717, 1.165) is 12.8 Å². The molecule has 3 heteroatoms. The summed E-state index contributed by atoms with van der Waals surface area (Å²) in [6.07, 6.45) is 5.77. The van der Waals surface area contributed by atoms with Crippen LogP contribution >= 0.6 is 0 Å². The molecule has 0 bridgehead atoms. The van der Waals surface area contributed by atoms with Crippen LogP contribution in [0.15, 0.2) is 0 Å².